The molecule has 0 amide bonds. The Bertz CT molecular complexity index is 526. The van der Waals surface area contributed by atoms with E-state index in [0.29, 0.717) is 11.5 Å². The molecule has 0 aliphatic carbocycles. The van der Waals surface area contributed by atoms with Crippen LogP contribution in [-0.2, 0) is 16.0 Å². The smallest absolute Gasteiger partial charge is 0.310 e. The molecule has 0 saturated carbocycles. The summed E-state index contributed by atoms with van der Waals surface area (Å²) < 4.78 is 10.3. The fraction of sp³-hybridized carbons (Fsp3) is 0.143. The number of para-hydroxylation sites is 1. The maximum atomic E-state index is 11.3. The minimum atomic E-state index is -0.306. The number of hydrogen-bond acceptors (Lipinski definition) is 4. The summed E-state index contributed by atoms with van der Waals surface area (Å²) in [6.07, 6.45) is 3.38. The van der Waals surface area contributed by atoms with Crippen LogP contribution in [0.15, 0.2) is 48.8 Å². The summed E-state index contributed by atoms with van der Waals surface area (Å²) in [5.74, 6) is 0.963. The van der Waals surface area contributed by atoms with Gasteiger partial charge in [-0.1, -0.05) is 18.2 Å². The highest BCUT2D eigenvalue weighted by Crippen LogP contribution is 2.24. The summed E-state index contributed by atoms with van der Waals surface area (Å²) in [6, 6.07) is 11.1. The number of ether oxygens (including phenoxy) is 2. The Balaban J connectivity index is 2.20. The van der Waals surface area contributed by atoms with Crippen molar-refractivity contribution in [2.75, 3.05) is 7.11 Å². The predicted octanol–water partition coefficient (Wildman–Crippen LogP) is 2.59. The molecule has 0 fully saturated rings. The van der Waals surface area contributed by atoms with Crippen LogP contribution >= 0.6 is 0 Å². The van der Waals surface area contributed by atoms with Gasteiger partial charge in [0, 0.05) is 11.8 Å². The second-order valence-corrected chi connectivity index (χ2v) is 3.65. The van der Waals surface area contributed by atoms with Crippen molar-refractivity contribution in [2.45, 2.75) is 6.42 Å². The lowest BCUT2D eigenvalue weighted by atomic mass is 10.2. The summed E-state index contributed by atoms with van der Waals surface area (Å²) in [5.41, 5.74) is 0.751. The van der Waals surface area contributed by atoms with E-state index >= 15 is 0 Å². The molecule has 4 nitrogen and oxygen atoms in total. The van der Waals surface area contributed by atoms with Crippen LogP contribution in [0.25, 0.3) is 0 Å². The third kappa shape index (κ3) is 3.07. The van der Waals surface area contributed by atoms with E-state index in [2.05, 4.69) is 9.72 Å². The molecule has 0 aliphatic heterocycles. The first kappa shape index (κ1) is 12.1. The number of hydrogen-bond donors (Lipinski definition) is 0. The molecule has 92 valence electrons. The highest BCUT2D eigenvalue weighted by Gasteiger charge is 2.09. The lowest BCUT2D eigenvalue weighted by molar-refractivity contribution is -0.139. The predicted molar refractivity (Wildman–Crippen MR) is 66.5 cm³/mol. The second kappa shape index (κ2) is 5.82. The van der Waals surface area contributed by atoms with Crippen molar-refractivity contribution >= 4 is 5.97 Å². The highest BCUT2D eigenvalue weighted by molar-refractivity contribution is 5.73. The van der Waals surface area contributed by atoms with Gasteiger partial charge in [0.1, 0.15) is 11.5 Å². The quantitative estimate of drug-likeness (QED) is 0.774. The van der Waals surface area contributed by atoms with Crippen LogP contribution in [-0.4, -0.2) is 18.1 Å². The Kier molecular flexibility index (Phi) is 3.91. The molecule has 0 aliphatic rings. The number of esters is 1. The zero-order valence-electron chi connectivity index (χ0n) is 10.00. The van der Waals surface area contributed by atoms with Gasteiger partial charge in [-0.05, 0) is 18.2 Å². The Morgan fingerprint density at radius 3 is 2.72 bits per heavy atom. The minimum Gasteiger partial charge on any atom is -0.469 e. The molecule has 4 heteroatoms. The number of rotatable bonds is 4. The monoisotopic (exact) mass is 243 g/mol. The largest absolute Gasteiger partial charge is 0.469 e. The van der Waals surface area contributed by atoms with Gasteiger partial charge in [0.15, 0.2) is 0 Å². The summed E-state index contributed by atoms with van der Waals surface area (Å²) >= 11 is 0. The normalized spacial score (nSPS) is 9.83. The number of carbonyl (C=O) groups excluding carboxylic acids is 1. The number of carbonyl (C=O) groups is 1. The molecule has 1 heterocycles. The number of benzene rings is 1. The Labute approximate surface area is 105 Å². The van der Waals surface area contributed by atoms with E-state index in [0.717, 1.165) is 5.56 Å². The van der Waals surface area contributed by atoms with Gasteiger partial charge in [0.2, 0.25) is 0 Å². The molecular weight excluding hydrogens is 230 g/mol. The molecule has 0 atom stereocenters. The molecule has 2 aromatic rings. The van der Waals surface area contributed by atoms with E-state index in [1.165, 1.54) is 7.11 Å². The molecule has 0 spiro atoms. The van der Waals surface area contributed by atoms with Crippen molar-refractivity contribution < 1.29 is 14.3 Å². The molecule has 1 aromatic heterocycles. The van der Waals surface area contributed by atoms with Crippen LogP contribution in [0.3, 0.4) is 0 Å². The summed E-state index contributed by atoms with van der Waals surface area (Å²) in [7, 11) is 1.36. The Morgan fingerprint density at radius 2 is 2.00 bits per heavy atom. The van der Waals surface area contributed by atoms with Gasteiger partial charge in [0.25, 0.3) is 0 Å². The molecule has 0 N–H and O–H groups in total. The fourth-order valence-corrected chi connectivity index (χ4v) is 1.49. The van der Waals surface area contributed by atoms with E-state index in [4.69, 9.17) is 4.74 Å². The van der Waals surface area contributed by atoms with Crippen molar-refractivity contribution in [3.8, 4) is 11.5 Å². The van der Waals surface area contributed by atoms with Gasteiger partial charge in [-0.25, -0.2) is 0 Å². The van der Waals surface area contributed by atoms with E-state index < -0.39 is 0 Å². The van der Waals surface area contributed by atoms with Gasteiger partial charge >= 0.3 is 5.97 Å². The van der Waals surface area contributed by atoms with Gasteiger partial charge in [-0.3, -0.25) is 9.78 Å². The van der Waals surface area contributed by atoms with Crippen molar-refractivity contribution in [2.24, 2.45) is 0 Å². The minimum absolute atomic E-state index is 0.168. The third-order valence-corrected chi connectivity index (χ3v) is 2.40. The number of aromatic nitrogens is 1. The van der Waals surface area contributed by atoms with E-state index in [9.17, 15) is 4.79 Å². The van der Waals surface area contributed by atoms with Crippen LogP contribution in [0.4, 0.5) is 0 Å². The van der Waals surface area contributed by atoms with E-state index in [-0.39, 0.29) is 12.4 Å². The standard InChI is InChI=1S/C14H13NO3/c1-17-14(16)9-11-7-8-15-10-13(11)18-12-5-3-2-4-6-12/h2-8,10H,9H2,1H3. The van der Waals surface area contributed by atoms with Crippen molar-refractivity contribution in [3.63, 3.8) is 0 Å². The van der Waals surface area contributed by atoms with Crippen molar-refractivity contribution in [1.29, 1.82) is 0 Å². The first-order valence-corrected chi connectivity index (χ1v) is 5.52. The summed E-state index contributed by atoms with van der Waals surface area (Å²) in [5, 5.41) is 0. The first-order valence-electron chi connectivity index (χ1n) is 5.52. The van der Waals surface area contributed by atoms with Crippen molar-refractivity contribution in [3.05, 3.63) is 54.4 Å². The number of pyridine rings is 1. The zero-order chi connectivity index (χ0) is 12.8. The Hall–Kier alpha value is -2.36. The second-order valence-electron chi connectivity index (χ2n) is 3.65. The van der Waals surface area contributed by atoms with E-state index in [1.807, 2.05) is 30.3 Å². The first-order chi connectivity index (χ1) is 8.79. The maximum Gasteiger partial charge on any atom is 0.310 e. The summed E-state index contributed by atoms with van der Waals surface area (Å²) in [4.78, 5) is 15.3. The lowest BCUT2D eigenvalue weighted by Gasteiger charge is -2.09. The highest BCUT2D eigenvalue weighted by atomic mass is 16.5. The lowest BCUT2D eigenvalue weighted by Crippen LogP contribution is -2.05. The average molecular weight is 243 g/mol. The molecule has 1 aromatic carbocycles. The van der Waals surface area contributed by atoms with Gasteiger partial charge in [-0.2, -0.15) is 0 Å². The fourth-order valence-electron chi connectivity index (χ4n) is 1.49. The third-order valence-electron chi connectivity index (χ3n) is 2.40. The van der Waals surface area contributed by atoms with Gasteiger partial charge in [0.05, 0.1) is 19.7 Å². The van der Waals surface area contributed by atoms with Crippen LogP contribution in [0, 0.1) is 0 Å². The molecule has 0 unspecified atom stereocenters. The van der Waals surface area contributed by atoms with Crippen LogP contribution < -0.4 is 4.74 Å². The molecule has 0 saturated heterocycles. The molecule has 2 rings (SSSR count). The van der Waals surface area contributed by atoms with Crippen LogP contribution in [0.2, 0.25) is 0 Å². The number of methoxy groups -OCH3 is 1. The van der Waals surface area contributed by atoms with Crippen LogP contribution in [0.5, 0.6) is 11.5 Å². The zero-order valence-corrected chi connectivity index (χ0v) is 10.00. The molecule has 18 heavy (non-hydrogen) atoms. The molecular formula is C14H13NO3. The van der Waals surface area contributed by atoms with Crippen LogP contribution in [0.1, 0.15) is 5.56 Å². The maximum absolute atomic E-state index is 11.3. The Morgan fingerprint density at radius 1 is 1.22 bits per heavy atom. The molecule has 0 radical (unpaired) electrons. The van der Waals surface area contributed by atoms with Gasteiger partial charge < -0.3 is 9.47 Å². The SMILES string of the molecule is COC(=O)Cc1ccncc1Oc1ccccc1. The number of nitrogens with zero attached hydrogens (tertiary/aromatic N) is 1. The topological polar surface area (TPSA) is 48.4 Å². The summed E-state index contributed by atoms with van der Waals surface area (Å²) in [6.45, 7) is 0. The van der Waals surface area contributed by atoms with Gasteiger partial charge in [-0.15, -0.1) is 0 Å². The molecule has 0 bridgehead atoms. The van der Waals surface area contributed by atoms with Crippen molar-refractivity contribution in [1.82, 2.24) is 4.98 Å². The average Bonchev–Trinajstić information content (AvgIpc) is 2.42. The van der Waals surface area contributed by atoms with E-state index in [1.54, 1.807) is 18.5 Å².